The summed E-state index contributed by atoms with van der Waals surface area (Å²) in [5, 5.41) is 6.58. The number of halogens is 1. The highest BCUT2D eigenvalue weighted by Gasteiger charge is 2.37. The summed E-state index contributed by atoms with van der Waals surface area (Å²) in [4.78, 5) is 29.8. The average molecular weight is 469 g/mol. The zero-order chi connectivity index (χ0) is 21.3. The van der Waals surface area contributed by atoms with Crippen LogP contribution >= 0.6 is 15.9 Å². The summed E-state index contributed by atoms with van der Waals surface area (Å²) in [6, 6.07) is 14.2. The van der Waals surface area contributed by atoms with Gasteiger partial charge in [0.1, 0.15) is 24.1 Å². The monoisotopic (exact) mass is 468 g/mol. The van der Waals surface area contributed by atoms with Crippen molar-refractivity contribution in [2.75, 3.05) is 18.6 Å². The van der Waals surface area contributed by atoms with E-state index in [0.717, 1.165) is 15.6 Å². The highest BCUT2D eigenvalue weighted by molar-refractivity contribution is 9.10. The Hall–Kier alpha value is -3.13. The first-order chi connectivity index (χ1) is 14.4. The van der Waals surface area contributed by atoms with Crippen LogP contribution in [0.5, 0.6) is 5.75 Å². The van der Waals surface area contributed by atoms with Crippen molar-refractivity contribution in [1.82, 2.24) is 15.1 Å². The average Bonchev–Trinajstić information content (AvgIpc) is 3.25. The molecule has 0 saturated carbocycles. The van der Waals surface area contributed by atoms with Crippen molar-refractivity contribution < 1.29 is 14.3 Å². The second-order valence-electron chi connectivity index (χ2n) is 7.23. The van der Waals surface area contributed by atoms with E-state index in [9.17, 15) is 9.59 Å². The SMILES string of the molecule is Cc1ccc(CN(C(=O)c2ccn[nH]2)[C@H]2COc3ccc(Br)cc3N(C)C2=O)cc1. The fourth-order valence-electron chi connectivity index (χ4n) is 3.42. The van der Waals surface area contributed by atoms with Crippen LogP contribution in [0.2, 0.25) is 0 Å². The molecular formula is C22H21BrN4O3. The second-order valence-corrected chi connectivity index (χ2v) is 8.14. The van der Waals surface area contributed by atoms with Crippen LogP contribution < -0.4 is 9.64 Å². The Bertz CT molecular complexity index is 1070. The zero-order valence-corrected chi connectivity index (χ0v) is 18.2. The highest BCUT2D eigenvalue weighted by atomic mass is 79.9. The number of hydrogen-bond donors (Lipinski definition) is 1. The summed E-state index contributed by atoms with van der Waals surface area (Å²) >= 11 is 3.44. The number of fused-ring (bicyclic) bond motifs is 1. The van der Waals surface area contributed by atoms with E-state index in [1.54, 1.807) is 18.0 Å². The number of aromatic amines is 1. The molecule has 8 heteroatoms. The second kappa shape index (κ2) is 8.31. The number of nitrogens with one attached hydrogen (secondary N) is 1. The zero-order valence-electron chi connectivity index (χ0n) is 16.6. The maximum absolute atomic E-state index is 13.4. The third kappa shape index (κ3) is 3.95. The fourth-order valence-corrected chi connectivity index (χ4v) is 3.77. The van der Waals surface area contributed by atoms with Gasteiger partial charge < -0.3 is 14.5 Å². The van der Waals surface area contributed by atoms with E-state index in [0.29, 0.717) is 17.1 Å². The number of aryl methyl sites for hydroxylation is 1. The molecule has 0 radical (unpaired) electrons. The molecule has 30 heavy (non-hydrogen) atoms. The van der Waals surface area contributed by atoms with Crippen molar-refractivity contribution in [2.45, 2.75) is 19.5 Å². The van der Waals surface area contributed by atoms with Gasteiger partial charge in [-0.2, -0.15) is 5.10 Å². The lowest BCUT2D eigenvalue weighted by atomic mass is 10.1. The third-order valence-corrected chi connectivity index (χ3v) is 5.63. The molecule has 2 amide bonds. The van der Waals surface area contributed by atoms with E-state index >= 15 is 0 Å². The van der Waals surface area contributed by atoms with Gasteiger partial charge in [-0.1, -0.05) is 45.8 Å². The molecule has 3 aromatic rings. The van der Waals surface area contributed by atoms with Gasteiger partial charge in [0, 0.05) is 24.3 Å². The Morgan fingerprint density at radius 2 is 2.03 bits per heavy atom. The molecule has 0 fully saturated rings. The van der Waals surface area contributed by atoms with E-state index in [1.807, 2.05) is 49.4 Å². The van der Waals surface area contributed by atoms with Gasteiger partial charge in [-0.15, -0.1) is 0 Å². The summed E-state index contributed by atoms with van der Waals surface area (Å²) in [6.45, 7) is 2.33. The molecule has 154 valence electrons. The summed E-state index contributed by atoms with van der Waals surface area (Å²) in [5.74, 6) is 0.0724. The number of carbonyl (C=O) groups excluding carboxylic acids is 2. The predicted octanol–water partition coefficient (Wildman–Crippen LogP) is 3.55. The van der Waals surface area contributed by atoms with Crippen molar-refractivity contribution in [2.24, 2.45) is 0 Å². The van der Waals surface area contributed by atoms with E-state index in [2.05, 4.69) is 26.1 Å². The Morgan fingerprint density at radius 3 is 2.73 bits per heavy atom. The van der Waals surface area contributed by atoms with Gasteiger partial charge in [0.2, 0.25) is 0 Å². The number of likely N-dealkylation sites (N-methyl/N-ethyl adjacent to an activating group) is 1. The first-order valence-electron chi connectivity index (χ1n) is 9.50. The van der Waals surface area contributed by atoms with E-state index in [4.69, 9.17) is 4.74 Å². The Kier molecular flexibility index (Phi) is 5.59. The molecule has 1 atom stereocenters. The van der Waals surface area contributed by atoms with E-state index < -0.39 is 6.04 Å². The Labute approximate surface area is 182 Å². The number of H-pyrrole nitrogens is 1. The number of hydrogen-bond acceptors (Lipinski definition) is 4. The lowest BCUT2D eigenvalue weighted by molar-refractivity contribution is -0.123. The van der Waals surface area contributed by atoms with Gasteiger partial charge in [0.15, 0.2) is 0 Å². The summed E-state index contributed by atoms with van der Waals surface area (Å²) in [6.07, 6.45) is 1.52. The first kappa shape index (κ1) is 20.2. The number of rotatable bonds is 4. The lowest BCUT2D eigenvalue weighted by Gasteiger charge is -2.31. The van der Waals surface area contributed by atoms with Crippen LogP contribution in [0, 0.1) is 6.92 Å². The predicted molar refractivity (Wildman–Crippen MR) is 116 cm³/mol. The maximum atomic E-state index is 13.4. The number of nitrogens with zero attached hydrogens (tertiary/aromatic N) is 3. The minimum absolute atomic E-state index is 0.0591. The number of carbonyl (C=O) groups is 2. The smallest absolute Gasteiger partial charge is 0.272 e. The van der Waals surface area contributed by atoms with Crippen LogP contribution in [0.3, 0.4) is 0 Å². The van der Waals surface area contributed by atoms with E-state index in [-0.39, 0.29) is 25.0 Å². The number of aromatic nitrogens is 2. The van der Waals surface area contributed by atoms with Gasteiger partial charge in [0.25, 0.3) is 11.8 Å². The van der Waals surface area contributed by atoms with Gasteiger partial charge in [-0.3, -0.25) is 14.7 Å². The fraction of sp³-hybridized carbons (Fsp3) is 0.227. The minimum atomic E-state index is -0.793. The number of amides is 2. The van der Waals surface area contributed by atoms with Gasteiger partial charge >= 0.3 is 0 Å². The van der Waals surface area contributed by atoms with Crippen molar-refractivity contribution >= 4 is 33.4 Å². The van der Waals surface area contributed by atoms with Crippen molar-refractivity contribution in [3.8, 4) is 5.75 Å². The molecule has 2 aromatic carbocycles. The number of ether oxygens (including phenoxy) is 1. The van der Waals surface area contributed by atoms with Crippen LogP contribution in [-0.2, 0) is 11.3 Å². The topological polar surface area (TPSA) is 78.5 Å². The molecular weight excluding hydrogens is 448 g/mol. The third-order valence-electron chi connectivity index (χ3n) is 5.14. The Morgan fingerprint density at radius 1 is 1.27 bits per heavy atom. The Balaban J connectivity index is 1.70. The molecule has 2 heterocycles. The van der Waals surface area contributed by atoms with Crippen molar-refractivity contribution in [3.05, 3.63) is 76.0 Å². The number of anilines is 1. The molecule has 1 aromatic heterocycles. The minimum Gasteiger partial charge on any atom is -0.489 e. The molecule has 0 unspecified atom stereocenters. The molecule has 0 bridgehead atoms. The van der Waals surface area contributed by atoms with Crippen LogP contribution in [0.15, 0.2) is 59.2 Å². The van der Waals surface area contributed by atoms with Crippen LogP contribution in [0.25, 0.3) is 0 Å². The van der Waals surface area contributed by atoms with Crippen LogP contribution in [0.1, 0.15) is 21.6 Å². The standard InChI is InChI=1S/C22H21BrN4O3/c1-14-3-5-15(6-4-14)12-27(21(28)17-9-10-24-25-17)19-13-30-20-8-7-16(23)11-18(20)26(2)22(19)29/h3-11,19H,12-13H2,1-2H3,(H,24,25)/t19-/m0/s1. The summed E-state index contributed by atoms with van der Waals surface area (Å²) < 4.78 is 6.80. The molecule has 0 aliphatic carbocycles. The lowest BCUT2D eigenvalue weighted by Crippen LogP contribution is -2.51. The molecule has 1 N–H and O–H groups in total. The van der Waals surface area contributed by atoms with Crippen LogP contribution in [-0.4, -0.2) is 46.6 Å². The van der Waals surface area contributed by atoms with Gasteiger partial charge in [0.05, 0.1) is 5.69 Å². The largest absolute Gasteiger partial charge is 0.489 e. The van der Waals surface area contributed by atoms with Gasteiger partial charge in [-0.25, -0.2) is 0 Å². The molecule has 4 rings (SSSR count). The first-order valence-corrected chi connectivity index (χ1v) is 10.3. The summed E-state index contributed by atoms with van der Waals surface area (Å²) in [5.41, 5.74) is 3.02. The molecule has 7 nitrogen and oxygen atoms in total. The van der Waals surface area contributed by atoms with E-state index in [1.165, 1.54) is 11.1 Å². The quantitative estimate of drug-likeness (QED) is 0.634. The molecule has 1 aliphatic heterocycles. The normalized spacial score (nSPS) is 15.9. The molecule has 0 saturated heterocycles. The molecule has 1 aliphatic rings. The maximum Gasteiger partial charge on any atom is 0.272 e. The number of benzene rings is 2. The van der Waals surface area contributed by atoms with Crippen LogP contribution in [0.4, 0.5) is 5.69 Å². The van der Waals surface area contributed by atoms with Crippen molar-refractivity contribution in [1.29, 1.82) is 0 Å². The molecule has 0 spiro atoms. The highest BCUT2D eigenvalue weighted by Crippen LogP contribution is 2.34. The van der Waals surface area contributed by atoms with Crippen molar-refractivity contribution in [3.63, 3.8) is 0 Å². The summed E-state index contributed by atoms with van der Waals surface area (Å²) in [7, 11) is 1.69. The van der Waals surface area contributed by atoms with Gasteiger partial charge in [-0.05, 0) is 36.8 Å².